The molecule has 2 heteroatoms. The van der Waals surface area contributed by atoms with Gasteiger partial charge in [-0.3, -0.25) is 4.79 Å². The highest BCUT2D eigenvalue weighted by Gasteiger charge is 2.25. The van der Waals surface area contributed by atoms with E-state index in [9.17, 15) is 4.79 Å². The Morgan fingerprint density at radius 3 is 2.35 bits per heavy atom. The van der Waals surface area contributed by atoms with Crippen LogP contribution in [0.2, 0.25) is 0 Å². The zero-order chi connectivity index (χ0) is 16.5. The van der Waals surface area contributed by atoms with Crippen molar-refractivity contribution in [2.75, 3.05) is 6.61 Å². The van der Waals surface area contributed by atoms with E-state index in [-0.39, 0.29) is 0 Å². The molecule has 0 aromatic heterocycles. The van der Waals surface area contributed by atoms with Gasteiger partial charge in [-0.1, -0.05) is 38.8 Å². The Morgan fingerprint density at radius 1 is 1.04 bits per heavy atom. The smallest absolute Gasteiger partial charge is 0.135 e. The Bertz CT molecular complexity index is 455. The van der Waals surface area contributed by atoms with Crippen LogP contribution in [0.25, 0.3) is 0 Å². The highest BCUT2D eigenvalue weighted by Crippen LogP contribution is 2.31. The maximum Gasteiger partial charge on any atom is 0.135 e. The van der Waals surface area contributed by atoms with Crippen molar-refractivity contribution >= 4 is 5.78 Å². The summed E-state index contributed by atoms with van der Waals surface area (Å²) in [6, 6.07) is 8.51. The van der Waals surface area contributed by atoms with Gasteiger partial charge in [0.15, 0.2) is 0 Å². The summed E-state index contributed by atoms with van der Waals surface area (Å²) >= 11 is 0. The quantitative estimate of drug-likeness (QED) is 0.594. The molecule has 23 heavy (non-hydrogen) atoms. The van der Waals surface area contributed by atoms with Crippen LogP contribution in [0.4, 0.5) is 0 Å². The van der Waals surface area contributed by atoms with Crippen LogP contribution in [0, 0.1) is 11.8 Å². The molecule has 0 unspecified atom stereocenters. The number of aryl methyl sites for hydroxylation is 1. The molecule has 128 valence electrons. The van der Waals surface area contributed by atoms with Gasteiger partial charge < -0.3 is 4.74 Å². The summed E-state index contributed by atoms with van der Waals surface area (Å²) in [5.41, 5.74) is 1.38. The van der Waals surface area contributed by atoms with Gasteiger partial charge in [0.1, 0.15) is 11.5 Å². The molecule has 0 bridgehead atoms. The maximum absolute atomic E-state index is 12.1. The predicted molar refractivity (Wildman–Crippen MR) is 95.9 cm³/mol. The molecular formula is C21H32O2. The van der Waals surface area contributed by atoms with Crippen molar-refractivity contribution in [1.29, 1.82) is 0 Å². The summed E-state index contributed by atoms with van der Waals surface area (Å²) in [5.74, 6) is 2.41. The molecule has 1 aromatic carbocycles. The molecule has 0 aliphatic heterocycles. The molecule has 0 spiro atoms. The van der Waals surface area contributed by atoms with Gasteiger partial charge in [-0.2, -0.15) is 0 Å². The molecule has 2 nitrogen and oxygen atoms in total. The van der Waals surface area contributed by atoms with Gasteiger partial charge in [0, 0.05) is 12.3 Å². The van der Waals surface area contributed by atoms with E-state index < -0.39 is 0 Å². The number of unbranched alkanes of at least 4 members (excludes halogenated alkanes) is 1. The van der Waals surface area contributed by atoms with Crippen LogP contribution in [-0.2, 0) is 11.2 Å². The first-order chi connectivity index (χ1) is 11.2. The Morgan fingerprint density at radius 2 is 1.74 bits per heavy atom. The standard InChI is InChI=1S/C21H32O2/c1-3-5-7-21(22)19-12-8-18(9-13-19)16-23-20-14-10-17(6-4-2)11-15-20/h10-11,14-15,18-19H,3-9,12-13,16H2,1-2H3. The Balaban J connectivity index is 1.69. The van der Waals surface area contributed by atoms with Gasteiger partial charge in [-0.25, -0.2) is 0 Å². The molecule has 0 radical (unpaired) electrons. The summed E-state index contributed by atoms with van der Waals surface area (Å²) in [7, 11) is 0. The molecule has 0 saturated heterocycles. The number of carbonyl (C=O) groups excluding carboxylic acids is 1. The van der Waals surface area contributed by atoms with Crippen molar-refractivity contribution < 1.29 is 9.53 Å². The van der Waals surface area contributed by atoms with Crippen LogP contribution in [0.5, 0.6) is 5.75 Å². The van der Waals surface area contributed by atoms with E-state index in [0.717, 1.165) is 63.7 Å². The van der Waals surface area contributed by atoms with Gasteiger partial charge in [0.25, 0.3) is 0 Å². The molecular weight excluding hydrogens is 284 g/mol. The second-order valence-electron chi connectivity index (χ2n) is 6.99. The molecule has 0 atom stereocenters. The first-order valence-corrected chi connectivity index (χ1v) is 9.47. The largest absolute Gasteiger partial charge is 0.493 e. The van der Waals surface area contributed by atoms with Crippen molar-refractivity contribution in [1.82, 2.24) is 0 Å². The minimum Gasteiger partial charge on any atom is -0.493 e. The van der Waals surface area contributed by atoms with Crippen molar-refractivity contribution in [3.63, 3.8) is 0 Å². The monoisotopic (exact) mass is 316 g/mol. The van der Waals surface area contributed by atoms with Crippen LogP contribution in [0.1, 0.15) is 70.8 Å². The van der Waals surface area contributed by atoms with Gasteiger partial charge in [-0.15, -0.1) is 0 Å². The van der Waals surface area contributed by atoms with Crippen molar-refractivity contribution in [3.8, 4) is 5.75 Å². The SMILES string of the molecule is CCCCC(=O)C1CCC(COc2ccc(CCC)cc2)CC1. The van der Waals surface area contributed by atoms with Gasteiger partial charge >= 0.3 is 0 Å². The minimum atomic E-state index is 0.325. The Hall–Kier alpha value is -1.31. The summed E-state index contributed by atoms with van der Waals surface area (Å²) < 4.78 is 5.95. The van der Waals surface area contributed by atoms with Crippen molar-refractivity contribution in [2.45, 2.75) is 71.6 Å². The summed E-state index contributed by atoms with van der Waals surface area (Å²) in [5, 5.41) is 0. The normalized spacial score (nSPS) is 21.1. The molecule has 1 aromatic rings. The second kappa shape index (κ2) is 9.75. The van der Waals surface area contributed by atoms with E-state index >= 15 is 0 Å². The molecule has 1 aliphatic carbocycles. The fourth-order valence-electron chi connectivity index (χ4n) is 3.46. The summed E-state index contributed by atoms with van der Waals surface area (Å²) in [4.78, 5) is 12.1. The third-order valence-electron chi connectivity index (χ3n) is 5.03. The van der Waals surface area contributed by atoms with Gasteiger partial charge in [-0.05, 0) is 62.1 Å². The molecule has 1 saturated carbocycles. The highest BCUT2D eigenvalue weighted by atomic mass is 16.5. The van der Waals surface area contributed by atoms with Crippen LogP contribution in [0.3, 0.4) is 0 Å². The van der Waals surface area contributed by atoms with Crippen LogP contribution < -0.4 is 4.74 Å². The van der Waals surface area contributed by atoms with E-state index in [1.807, 2.05) is 0 Å². The lowest BCUT2D eigenvalue weighted by atomic mass is 9.79. The minimum absolute atomic E-state index is 0.325. The highest BCUT2D eigenvalue weighted by molar-refractivity contribution is 5.81. The average Bonchev–Trinajstić information content (AvgIpc) is 2.60. The lowest BCUT2D eigenvalue weighted by molar-refractivity contribution is -0.124. The average molecular weight is 316 g/mol. The zero-order valence-corrected chi connectivity index (χ0v) is 14.9. The molecule has 0 amide bonds. The van der Waals surface area contributed by atoms with Crippen LogP contribution in [-0.4, -0.2) is 12.4 Å². The molecule has 2 rings (SSSR count). The van der Waals surface area contributed by atoms with E-state index in [4.69, 9.17) is 4.74 Å². The van der Waals surface area contributed by atoms with E-state index in [0.29, 0.717) is 17.6 Å². The van der Waals surface area contributed by atoms with Crippen LogP contribution >= 0.6 is 0 Å². The third kappa shape index (κ3) is 6.01. The van der Waals surface area contributed by atoms with E-state index in [1.165, 1.54) is 12.0 Å². The fourth-order valence-corrected chi connectivity index (χ4v) is 3.46. The first kappa shape index (κ1) is 18.0. The number of hydrogen-bond acceptors (Lipinski definition) is 2. The predicted octanol–water partition coefficient (Wildman–Crippen LogP) is 5.58. The zero-order valence-electron chi connectivity index (χ0n) is 14.9. The van der Waals surface area contributed by atoms with Gasteiger partial charge in [0.05, 0.1) is 6.61 Å². The number of benzene rings is 1. The Labute approximate surface area is 141 Å². The van der Waals surface area contributed by atoms with Crippen LogP contribution in [0.15, 0.2) is 24.3 Å². The topological polar surface area (TPSA) is 26.3 Å². The Kier molecular flexibility index (Phi) is 7.64. The first-order valence-electron chi connectivity index (χ1n) is 9.47. The molecule has 1 aliphatic rings. The molecule has 0 heterocycles. The van der Waals surface area contributed by atoms with Gasteiger partial charge in [0.2, 0.25) is 0 Å². The van der Waals surface area contributed by atoms with Crippen molar-refractivity contribution in [2.24, 2.45) is 11.8 Å². The summed E-state index contributed by atoms with van der Waals surface area (Å²) in [6.45, 7) is 5.15. The number of Topliss-reactive ketones (excluding diaryl/α,β-unsaturated/α-hetero) is 1. The number of ketones is 1. The number of ether oxygens (including phenoxy) is 1. The third-order valence-corrected chi connectivity index (χ3v) is 5.03. The number of carbonyl (C=O) groups is 1. The molecule has 1 fully saturated rings. The summed E-state index contributed by atoms with van der Waals surface area (Å²) in [6.07, 6.45) is 9.66. The number of hydrogen-bond donors (Lipinski definition) is 0. The lowest BCUT2D eigenvalue weighted by Crippen LogP contribution is -2.24. The fraction of sp³-hybridized carbons (Fsp3) is 0.667. The van der Waals surface area contributed by atoms with Crippen molar-refractivity contribution in [3.05, 3.63) is 29.8 Å². The maximum atomic E-state index is 12.1. The van der Waals surface area contributed by atoms with E-state index in [1.54, 1.807) is 0 Å². The lowest BCUT2D eigenvalue weighted by Gasteiger charge is -2.27. The second-order valence-corrected chi connectivity index (χ2v) is 6.99. The molecule has 0 N–H and O–H groups in total. The number of rotatable bonds is 9. The van der Waals surface area contributed by atoms with E-state index in [2.05, 4.69) is 38.1 Å².